The zero-order chi connectivity index (χ0) is 21.5. The number of carboxylic acids is 6. The molecule has 26 heavy (non-hydrogen) atoms. The number of hydrogen-bond acceptors (Lipinski definition) is 12. The van der Waals surface area contributed by atoms with Crippen molar-refractivity contribution in [2.24, 2.45) is 0 Å². The van der Waals surface area contributed by atoms with Gasteiger partial charge in [0.1, 0.15) is 0 Å². The molecule has 0 atom stereocenters. The first-order valence-corrected chi connectivity index (χ1v) is 5.45. The molecule has 0 aliphatic carbocycles. The van der Waals surface area contributed by atoms with Gasteiger partial charge in [0.2, 0.25) is 0 Å². The Kier molecular flexibility index (Phi) is 83.5. The smallest absolute Gasteiger partial charge is 0.550 e. The van der Waals surface area contributed by atoms with Crippen molar-refractivity contribution >= 4 is 63.1 Å². The summed E-state index contributed by atoms with van der Waals surface area (Å²) in [4.78, 5) is 53.3. The Morgan fingerprint density at radius 1 is 0.385 bits per heavy atom. The van der Waals surface area contributed by atoms with Crippen LogP contribution in [0, 0.1) is 0 Å². The maximum absolute atomic E-state index is 8.89. The fourth-order valence-electron chi connectivity index (χ4n) is 0. The molecule has 0 bridgehead atoms. The van der Waals surface area contributed by atoms with Gasteiger partial charge in [0.25, 0.3) is 0 Å². The molecule has 0 spiro atoms. The van der Waals surface area contributed by atoms with Crippen LogP contribution in [-0.4, -0.2) is 63.1 Å². The van der Waals surface area contributed by atoms with Crippen LogP contribution in [0.3, 0.4) is 0 Å². The van der Waals surface area contributed by atoms with Gasteiger partial charge >= 0.3 is 49.0 Å². The number of carbonyl (C=O) groups is 6. The average Bonchev–Trinajstić information content (AvgIpc) is 2.08. The van der Waals surface area contributed by atoms with Crippen LogP contribution in [0.5, 0.6) is 0 Å². The zero-order valence-corrected chi connectivity index (χ0v) is 20.3. The second-order valence-corrected chi connectivity index (χ2v) is 2.95. The van der Waals surface area contributed by atoms with Crippen LogP contribution < -0.4 is 30.6 Å². The largest absolute Gasteiger partial charge is 4.00 e. The van der Waals surface area contributed by atoms with Crippen molar-refractivity contribution < 1.29 is 81.1 Å². The van der Waals surface area contributed by atoms with E-state index in [4.69, 9.17) is 59.4 Å². The molecule has 0 saturated heterocycles. The standard InChI is InChI=1S/6C2H4O2.Pb.Ti/c6*1-2(3)4;;/h6*1H3,(H,3,4);;/q;;;;;;+2;+4/p-6. The molecule has 0 amide bonds. The molecule has 0 fully saturated rings. The van der Waals surface area contributed by atoms with E-state index in [2.05, 4.69) is 0 Å². The van der Waals surface area contributed by atoms with Gasteiger partial charge in [-0.2, -0.15) is 0 Å². The van der Waals surface area contributed by atoms with Crippen molar-refractivity contribution in [3.8, 4) is 0 Å². The molecular formula is C12H18O12PbTi. The van der Waals surface area contributed by atoms with Crippen LogP contribution in [0.1, 0.15) is 41.5 Å². The molecule has 0 aromatic carbocycles. The third-order valence-electron chi connectivity index (χ3n) is 0. The third kappa shape index (κ3) is 4340. The van der Waals surface area contributed by atoms with E-state index in [-0.39, 0.29) is 49.0 Å². The van der Waals surface area contributed by atoms with E-state index in [1.807, 2.05) is 0 Å². The number of carboxylic acid groups (broad SMARTS) is 6. The summed E-state index contributed by atoms with van der Waals surface area (Å²) in [6.07, 6.45) is 0. The molecule has 0 saturated carbocycles. The maximum Gasteiger partial charge on any atom is 4.00 e. The van der Waals surface area contributed by atoms with Gasteiger partial charge < -0.3 is 59.4 Å². The fourth-order valence-corrected chi connectivity index (χ4v) is 0. The van der Waals surface area contributed by atoms with E-state index in [1.54, 1.807) is 0 Å². The minimum absolute atomic E-state index is 0. The van der Waals surface area contributed by atoms with E-state index in [1.165, 1.54) is 0 Å². The van der Waals surface area contributed by atoms with Crippen LogP contribution >= 0.6 is 0 Å². The Balaban J connectivity index is -0.0000000245. The summed E-state index contributed by atoms with van der Waals surface area (Å²) in [7, 11) is 0. The normalized spacial score (nSPS) is 5.77. The Labute approximate surface area is 185 Å². The Bertz CT molecular complexity index is 267. The van der Waals surface area contributed by atoms with E-state index in [0.29, 0.717) is 0 Å². The van der Waals surface area contributed by atoms with Crippen LogP contribution in [0.25, 0.3) is 0 Å². The molecule has 14 heteroatoms. The zero-order valence-electron chi connectivity index (χ0n) is 14.9. The number of hydrogen-bond donors (Lipinski definition) is 0. The molecule has 0 N–H and O–H groups in total. The summed E-state index contributed by atoms with van der Waals surface area (Å²) >= 11 is 0. The van der Waals surface area contributed by atoms with Crippen LogP contribution in [0.15, 0.2) is 0 Å². The Hall–Kier alpha value is -1.54. The van der Waals surface area contributed by atoms with E-state index >= 15 is 0 Å². The van der Waals surface area contributed by atoms with Gasteiger partial charge in [-0.25, -0.2) is 0 Å². The van der Waals surface area contributed by atoms with Gasteiger partial charge in [0, 0.05) is 35.8 Å². The third-order valence-corrected chi connectivity index (χ3v) is 0. The Morgan fingerprint density at radius 2 is 0.385 bits per heavy atom. The summed E-state index contributed by atoms with van der Waals surface area (Å²) in [5.74, 6) is -6.50. The van der Waals surface area contributed by atoms with Crippen molar-refractivity contribution in [2.75, 3.05) is 0 Å². The summed E-state index contributed by atoms with van der Waals surface area (Å²) < 4.78 is 0. The summed E-state index contributed by atoms with van der Waals surface area (Å²) in [6, 6.07) is 0. The number of rotatable bonds is 0. The number of carbonyl (C=O) groups excluding carboxylic acids is 6. The molecule has 146 valence electrons. The molecule has 12 nitrogen and oxygen atoms in total. The van der Waals surface area contributed by atoms with Crippen LogP contribution in [0.4, 0.5) is 0 Å². The minimum atomic E-state index is -1.08. The van der Waals surface area contributed by atoms with Gasteiger partial charge in [-0.1, -0.05) is 0 Å². The van der Waals surface area contributed by atoms with Gasteiger partial charge in [0.05, 0.1) is 0 Å². The first-order chi connectivity index (χ1) is 10.4. The molecular weight excluding hydrogens is 591 g/mol. The van der Waals surface area contributed by atoms with Gasteiger partial charge in [-0.3, -0.25) is 0 Å². The molecule has 0 aliphatic rings. The first kappa shape index (κ1) is 49.7. The van der Waals surface area contributed by atoms with Crippen LogP contribution in [0.2, 0.25) is 0 Å². The maximum atomic E-state index is 8.89. The Morgan fingerprint density at radius 3 is 0.385 bits per heavy atom. The predicted molar refractivity (Wildman–Crippen MR) is 69.8 cm³/mol. The second kappa shape index (κ2) is 43.7. The average molecular weight is 609 g/mol. The molecule has 0 rings (SSSR count). The monoisotopic (exact) mass is 610 g/mol. The molecule has 0 aliphatic heterocycles. The SMILES string of the molecule is CC(=O)[O-].CC(=O)[O-].CC(=O)[O-].CC(=O)[O-].CC(=O)[O-].CC(=O)[O-].[Pb+2].[Ti+4]. The van der Waals surface area contributed by atoms with Crippen molar-refractivity contribution in [2.45, 2.75) is 41.5 Å². The first-order valence-electron chi connectivity index (χ1n) is 5.45. The van der Waals surface area contributed by atoms with Crippen molar-refractivity contribution in [3.05, 3.63) is 0 Å². The predicted octanol–water partition coefficient (Wildman–Crippen LogP) is -7.85. The molecule has 0 aromatic rings. The van der Waals surface area contributed by atoms with E-state index < -0.39 is 35.8 Å². The number of aliphatic carboxylic acids is 6. The van der Waals surface area contributed by atoms with Crippen molar-refractivity contribution in [1.82, 2.24) is 0 Å². The van der Waals surface area contributed by atoms with E-state index in [9.17, 15) is 0 Å². The minimum Gasteiger partial charge on any atom is -0.550 e. The van der Waals surface area contributed by atoms with Crippen molar-refractivity contribution in [1.29, 1.82) is 0 Å². The van der Waals surface area contributed by atoms with Crippen molar-refractivity contribution in [3.63, 3.8) is 0 Å². The van der Waals surface area contributed by atoms with Gasteiger partial charge in [-0.05, 0) is 41.5 Å². The van der Waals surface area contributed by atoms with Gasteiger partial charge in [0.15, 0.2) is 0 Å². The summed E-state index contributed by atoms with van der Waals surface area (Å²) in [6.45, 7) is 5.83. The van der Waals surface area contributed by atoms with Crippen LogP contribution in [-0.2, 0) is 50.5 Å². The fraction of sp³-hybridized carbons (Fsp3) is 0.500. The summed E-state index contributed by atoms with van der Waals surface area (Å²) in [5, 5.41) is 53.3. The quantitative estimate of drug-likeness (QED) is 0.233. The summed E-state index contributed by atoms with van der Waals surface area (Å²) in [5.41, 5.74) is 0. The molecule has 2 radical (unpaired) electrons. The van der Waals surface area contributed by atoms with E-state index in [0.717, 1.165) is 41.5 Å². The molecule has 0 unspecified atom stereocenters. The molecule has 0 heterocycles. The second-order valence-electron chi connectivity index (χ2n) is 2.95. The van der Waals surface area contributed by atoms with Gasteiger partial charge in [-0.15, -0.1) is 0 Å². The molecule has 0 aromatic heterocycles. The topological polar surface area (TPSA) is 241 Å².